The molecule has 4 aliphatic carbocycles. The van der Waals surface area contributed by atoms with E-state index in [0.717, 1.165) is 21.9 Å². The van der Waals surface area contributed by atoms with Crippen LogP contribution in [0, 0.1) is 22.7 Å². The van der Waals surface area contributed by atoms with E-state index in [4.69, 9.17) is 24.7 Å². The Kier molecular flexibility index (Phi) is 11.8. The van der Waals surface area contributed by atoms with Crippen molar-refractivity contribution < 1.29 is 52.4 Å². The van der Waals surface area contributed by atoms with E-state index < -0.39 is 82.2 Å². The number of hydrogen-bond acceptors (Lipinski definition) is 12. The molecule has 0 unspecified atom stereocenters. The van der Waals surface area contributed by atoms with E-state index in [9.17, 15) is 29.1 Å². The van der Waals surface area contributed by atoms with Crippen molar-refractivity contribution in [3.8, 4) is 0 Å². The Labute approximate surface area is 366 Å². The van der Waals surface area contributed by atoms with Crippen molar-refractivity contribution in [2.75, 3.05) is 18.5 Å². The first-order chi connectivity index (χ1) is 29.9. The zero-order chi connectivity index (χ0) is 45.0. The van der Waals surface area contributed by atoms with Crippen molar-refractivity contribution in [3.05, 3.63) is 95.9 Å². The SMILES string of the molecule is CC1(C)O[C@@H]2C[C@H]3[C@@H]4CCC5=CC(=O)C=C[C@]5(C)[C@@]4(F)[C@@H](O)C[C@]3(C)[C@]2(C(=O)COC(=O)CCCCC(=O)OCc2ccc([C@@H](CN)C(=O)Nc3ccc4cnccc4c3)cc2)O1. The summed E-state index contributed by atoms with van der Waals surface area (Å²) in [5, 5.41) is 16.7. The summed E-state index contributed by atoms with van der Waals surface area (Å²) in [7, 11) is 0. The normalized spacial score (nSPS) is 31.8. The van der Waals surface area contributed by atoms with Gasteiger partial charge < -0.3 is 35.1 Å². The van der Waals surface area contributed by atoms with E-state index in [-0.39, 0.29) is 44.1 Å². The standard InChI is InChI=1S/C49H56FN3O10/c1-45(2)62-41-23-38-37-16-14-33-22-35(54)17-19-46(33,3)48(37,50)39(55)24-47(38,4)49(41,63-45)40(56)28-61-43(58)8-6-5-7-42(57)60-27-29-9-11-30(12-10-29)36(25-51)44(59)53-34-15-13-32-26-52-20-18-31(32)21-34/h9-13,15,17-22,26,36-39,41,55H,5-8,14,16,23-25,27-28,51H2,1-4H3,(H,53,59)/t36-,37+,38+,39+,41-,46+,47+,48+,49-/m1/s1. The summed E-state index contributed by atoms with van der Waals surface area (Å²) in [6, 6.07) is 14.6. The van der Waals surface area contributed by atoms with Gasteiger partial charge in [-0.3, -0.25) is 29.0 Å². The molecule has 8 rings (SSSR count). The third-order valence-electron chi connectivity index (χ3n) is 14.7. The number of fused-ring (bicyclic) bond motifs is 8. The second kappa shape index (κ2) is 16.8. The van der Waals surface area contributed by atoms with E-state index in [0.29, 0.717) is 43.4 Å². The van der Waals surface area contributed by atoms with E-state index in [1.165, 1.54) is 12.2 Å². The number of rotatable bonds is 14. The second-order valence-electron chi connectivity index (χ2n) is 18.8. The van der Waals surface area contributed by atoms with Gasteiger partial charge in [0.15, 0.2) is 29.4 Å². The molecule has 5 aliphatic rings. The van der Waals surface area contributed by atoms with Gasteiger partial charge in [-0.25, -0.2) is 4.39 Å². The molecule has 9 atom stereocenters. The quantitative estimate of drug-likeness (QED) is 0.118. The van der Waals surface area contributed by atoms with Crippen LogP contribution in [0.4, 0.5) is 10.1 Å². The molecule has 13 nitrogen and oxygen atoms in total. The summed E-state index contributed by atoms with van der Waals surface area (Å²) < 4.78 is 41.6. The average Bonchev–Trinajstić information content (AvgIpc) is 3.66. The van der Waals surface area contributed by atoms with E-state index >= 15 is 4.39 Å². The van der Waals surface area contributed by atoms with Gasteiger partial charge in [0.05, 0.1) is 18.1 Å². The molecule has 63 heavy (non-hydrogen) atoms. The minimum absolute atomic E-state index is 0.0271. The minimum atomic E-state index is -2.09. The summed E-state index contributed by atoms with van der Waals surface area (Å²) in [5.41, 5.74) is 2.85. The van der Waals surface area contributed by atoms with Crippen LogP contribution in [-0.4, -0.2) is 81.9 Å². The van der Waals surface area contributed by atoms with Crippen LogP contribution in [0.5, 0.6) is 0 Å². The fourth-order valence-electron chi connectivity index (χ4n) is 11.5. The average molecular weight is 866 g/mol. The number of pyridine rings is 1. The predicted molar refractivity (Wildman–Crippen MR) is 229 cm³/mol. The number of hydrogen-bond donors (Lipinski definition) is 3. The number of carbonyl (C=O) groups is 5. The number of halogens is 1. The smallest absolute Gasteiger partial charge is 0.306 e. The number of benzene rings is 2. The third-order valence-corrected chi connectivity index (χ3v) is 14.7. The molecule has 14 heteroatoms. The Morgan fingerprint density at radius 2 is 1.71 bits per heavy atom. The molecule has 1 aromatic heterocycles. The highest BCUT2D eigenvalue weighted by Gasteiger charge is 2.80. The first-order valence-corrected chi connectivity index (χ1v) is 21.9. The molecular weight excluding hydrogens is 810 g/mol. The Morgan fingerprint density at radius 3 is 2.44 bits per heavy atom. The highest BCUT2D eigenvalue weighted by molar-refractivity contribution is 6.01. The highest BCUT2D eigenvalue weighted by Crippen LogP contribution is 2.72. The molecule has 4 fully saturated rings. The number of allylic oxidation sites excluding steroid dienone is 4. The number of unbranched alkanes of at least 4 members (excludes halogenated alkanes) is 1. The monoisotopic (exact) mass is 865 g/mol. The lowest BCUT2D eigenvalue weighted by atomic mass is 9.44. The lowest BCUT2D eigenvalue weighted by Gasteiger charge is -2.62. The lowest BCUT2D eigenvalue weighted by Crippen LogP contribution is -2.70. The maximum atomic E-state index is 17.7. The summed E-state index contributed by atoms with van der Waals surface area (Å²) in [6.45, 7) is 6.55. The van der Waals surface area contributed by atoms with Crippen LogP contribution in [-0.2, 0) is 49.5 Å². The van der Waals surface area contributed by atoms with Crippen molar-refractivity contribution in [3.63, 3.8) is 0 Å². The summed E-state index contributed by atoms with van der Waals surface area (Å²) in [6.07, 6.45) is 7.46. The van der Waals surface area contributed by atoms with Gasteiger partial charge in [-0.1, -0.05) is 48.9 Å². The Morgan fingerprint density at radius 1 is 0.984 bits per heavy atom. The maximum absolute atomic E-state index is 17.7. The largest absolute Gasteiger partial charge is 0.461 e. The molecule has 3 aromatic rings. The third kappa shape index (κ3) is 7.72. The van der Waals surface area contributed by atoms with Gasteiger partial charge >= 0.3 is 11.9 Å². The number of ether oxygens (including phenoxy) is 4. The van der Waals surface area contributed by atoms with Gasteiger partial charge in [-0.05, 0) is 112 Å². The zero-order valence-electron chi connectivity index (χ0n) is 36.2. The predicted octanol–water partition coefficient (Wildman–Crippen LogP) is 6.50. The van der Waals surface area contributed by atoms with Gasteiger partial charge in [0, 0.05) is 59.6 Å². The second-order valence-corrected chi connectivity index (χ2v) is 18.8. The lowest BCUT2D eigenvalue weighted by molar-refractivity contribution is -0.246. The van der Waals surface area contributed by atoms with Crippen molar-refractivity contribution in [2.24, 2.45) is 28.4 Å². The van der Waals surface area contributed by atoms with Gasteiger partial charge in [0.2, 0.25) is 11.7 Å². The first kappa shape index (κ1) is 44.5. The molecule has 334 valence electrons. The Bertz CT molecular complexity index is 2380. The summed E-state index contributed by atoms with van der Waals surface area (Å²) >= 11 is 0. The van der Waals surface area contributed by atoms with Crippen LogP contribution in [0.2, 0.25) is 0 Å². The first-order valence-electron chi connectivity index (χ1n) is 21.9. The van der Waals surface area contributed by atoms with Crippen LogP contribution in [0.1, 0.15) is 96.1 Å². The number of nitrogens with two attached hydrogens (primary N) is 1. The van der Waals surface area contributed by atoms with Crippen LogP contribution in [0.3, 0.4) is 0 Å². The number of ketones is 2. The van der Waals surface area contributed by atoms with Gasteiger partial charge in [-0.2, -0.15) is 0 Å². The van der Waals surface area contributed by atoms with E-state index in [1.807, 2.05) is 31.2 Å². The summed E-state index contributed by atoms with van der Waals surface area (Å²) in [5.74, 6) is -4.80. The minimum Gasteiger partial charge on any atom is -0.461 e. The van der Waals surface area contributed by atoms with Crippen molar-refractivity contribution in [1.29, 1.82) is 0 Å². The Hall–Kier alpha value is -5.15. The number of amides is 1. The summed E-state index contributed by atoms with van der Waals surface area (Å²) in [4.78, 5) is 69.4. The maximum Gasteiger partial charge on any atom is 0.306 e. The van der Waals surface area contributed by atoms with Crippen LogP contribution < -0.4 is 11.1 Å². The number of Topliss-reactive ketones (excluding diaryl/α,β-unsaturated/α-hetero) is 1. The molecule has 0 radical (unpaired) electrons. The van der Waals surface area contributed by atoms with Crippen molar-refractivity contribution >= 4 is 45.9 Å². The van der Waals surface area contributed by atoms with Crippen molar-refractivity contribution in [2.45, 2.75) is 121 Å². The van der Waals surface area contributed by atoms with Crippen LogP contribution in [0.15, 0.2) is 84.7 Å². The zero-order valence-corrected chi connectivity index (χ0v) is 36.2. The fourth-order valence-corrected chi connectivity index (χ4v) is 11.5. The molecule has 2 aromatic carbocycles. The Balaban J connectivity index is 0.805. The van der Waals surface area contributed by atoms with Crippen molar-refractivity contribution in [1.82, 2.24) is 4.98 Å². The number of nitrogens with one attached hydrogen (secondary N) is 1. The van der Waals surface area contributed by atoms with Gasteiger partial charge in [0.1, 0.15) is 6.61 Å². The fraction of sp³-hybridized carbons (Fsp3) is 0.510. The number of aliphatic hydroxyl groups is 1. The number of alkyl halides is 1. The molecule has 1 saturated heterocycles. The number of aromatic nitrogens is 1. The van der Waals surface area contributed by atoms with Crippen LogP contribution >= 0.6 is 0 Å². The molecule has 0 spiro atoms. The molecule has 4 N–H and O–H groups in total. The topological polar surface area (TPSA) is 193 Å². The number of esters is 2. The highest BCUT2D eigenvalue weighted by atomic mass is 19.1. The molecular formula is C49H56FN3O10. The number of nitrogens with zero attached hydrogens (tertiary/aromatic N) is 1. The molecule has 1 aliphatic heterocycles. The molecule has 1 amide bonds. The number of carbonyl (C=O) groups excluding carboxylic acids is 5. The number of aliphatic hydroxyl groups excluding tert-OH is 1. The van der Waals surface area contributed by atoms with Gasteiger partial charge in [-0.15, -0.1) is 0 Å². The van der Waals surface area contributed by atoms with Crippen LogP contribution in [0.25, 0.3) is 10.8 Å². The van der Waals surface area contributed by atoms with E-state index in [2.05, 4.69) is 10.3 Å². The molecule has 0 bridgehead atoms. The molecule has 2 heterocycles. The molecule has 3 saturated carbocycles. The van der Waals surface area contributed by atoms with Gasteiger partial charge in [0.25, 0.3) is 0 Å². The van der Waals surface area contributed by atoms with E-state index in [1.54, 1.807) is 63.5 Å². The number of anilines is 1.